The van der Waals surface area contributed by atoms with Crippen molar-refractivity contribution in [1.82, 2.24) is 18.7 Å². The van der Waals surface area contributed by atoms with Gasteiger partial charge in [-0.3, -0.25) is 0 Å². The summed E-state index contributed by atoms with van der Waals surface area (Å²) < 4.78 is 15.7. The van der Waals surface area contributed by atoms with E-state index >= 15 is 0 Å². The molecule has 0 radical (unpaired) electrons. The van der Waals surface area contributed by atoms with Gasteiger partial charge in [-0.15, -0.1) is 0 Å². The Morgan fingerprint density at radius 1 is 0.486 bits per heavy atom. The summed E-state index contributed by atoms with van der Waals surface area (Å²) in [6, 6.07) is 58.9. The van der Waals surface area contributed by atoms with Crippen molar-refractivity contribution >= 4 is 32.8 Å². The second kappa shape index (κ2) is 18.4. The van der Waals surface area contributed by atoms with E-state index in [0.717, 1.165) is 47.6 Å². The molecule has 5 nitrogen and oxygen atoms in total. The van der Waals surface area contributed by atoms with Gasteiger partial charge in [0.25, 0.3) is 0 Å². The van der Waals surface area contributed by atoms with Crippen LogP contribution in [0, 0.1) is 3.80 Å². The summed E-state index contributed by atoms with van der Waals surface area (Å²) in [4.78, 5) is 5.00. The van der Waals surface area contributed by atoms with E-state index in [-0.39, 0.29) is 27.7 Å². The molecule has 0 N–H and O–H groups in total. The first-order valence-corrected chi connectivity index (χ1v) is 27.7. The second-order valence-corrected chi connectivity index (χ2v) is 25.8. The van der Waals surface area contributed by atoms with Gasteiger partial charge in [-0.1, -0.05) is 47.6 Å². The zero-order valence-corrected chi connectivity index (χ0v) is 47.6. The van der Waals surface area contributed by atoms with Gasteiger partial charge in [0, 0.05) is 6.20 Å². The molecule has 7 aromatic carbocycles. The summed E-state index contributed by atoms with van der Waals surface area (Å²) >= 11 is 2.63. The van der Waals surface area contributed by atoms with Crippen LogP contribution in [0.2, 0.25) is 0 Å². The summed E-state index contributed by atoms with van der Waals surface area (Å²) in [7, 11) is 0. The van der Waals surface area contributed by atoms with Crippen molar-refractivity contribution in [3.05, 3.63) is 201 Å². The molecule has 1 aliphatic rings. The molecule has 1 aliphatic carbocycles. The van der Waals surface area contributed by atoms with Crippen LogP contribution in [0.15, 0.2) is 164 Å². The first-order valence-electron chi connectivity index (χ1n) is 26.5. The molecule has 0 bridgehead atoms. The number of imidazole rings is 1. The van der Waals surface area contributed by atoms with Crippen LogP contribution >= 0.6 is 0 Å². The number of rotatable bonds is 7. The summed E-state index contributed by atoms with van der Waals surface area (Å²) in [5, 5.41) is 2.40. The normalized spacial score (nSPS) is 14.5. The van der Waals surface area contributed by atoms with Crippen molar-refractivity contribution in [3.63, 3.8) is 0 Å². The third kappa shape index (κ3) is 9.04. The van der Waals surface area contributed by atoms with Gasteiger partial charge in [-0.25, -0.2) is 4.98 Å². The number of fused-ring (bicyclic) bond motifs is 5. The van der Waals surface area contributed by atoms with E-state index in [4.69, 9.17) is 9.72 Å². The van der Waals surface area contributed by atoms with E-state index in [9.17, 15) is 0 Å². The summed E-state index contributed by atoms with van der Waals surface area (Å²) in [5.41, 5.74) is 18.5. The Labute approximate surface area is 449 Å². The molecule has 0 saturated carbocycles. The van der Waals surface area contributed by atoms with Gasteiger partial charge in [-0.05, 0) is 46.2 Å². The monoisotopic (exact) mass is 1150 g/mol. The number of aromatic nitrogens is 4. The maximum atomic E-state index is 7.02. The summed E-state index contributed by atoms with van der Waals surface area (Å²) in [6.45, 7) is 27.6. The molecule has 0 saturated heterocycles. The fourth-order valence-electron chi connectivity index (χ4n) is 11.2. The molecule has 6 heteroatoms. The number of nitrogens with zero attached hydrogens (tertiary/aromatic N) is 4. The van der Waals surface area contributed by atoms with Crippen LogP contribution in [-0.4, -0.2) is 18.7 Å². The van der Waals surface area contributed by atoms with Crippen LogP contribution in [-0.2, 0) is 47.4 Å². The SMILES string of the molecule is CC(C)(C)c1cc(-c2cccc(-c3ccccc3)c2-n2[c](=[Pt])n(C3CCCc4ccc(Oc5ccc6c7cc(C(C)(C)C)ccc7n(-c7cc(C(C)(C)C)ccn7)c6c5)cc43)c3ccccc32)cc(C(C)(C)C)c1. The number of benzene rings is 7. The Bertz CT molecular complexity index is 3830. The predicted molar refractivity (Wildman–Crippen MR) is 306 cm³/mol. The summed E-state index contributed by atoms with van der Waals surface area (Å²) in [5.74, 6) is 2.54. The zero-order valence-electron chi connectivity index (χ0n) is 45.3. The van der Waals surface area contributed by atoms with Crippen LogP contribution in [0.4, 0.5) is 0 Å². The molecule has 0 spiro atoms. The average molecular weight is 1150 g/mol. The van der Waals surface area contributed by atoms with Crippen LogP contribution in [0.1, 0.15) is 135 Å². The second-order valence-electron chi connectivity index (χ2n) is 24.8. The fraction of sp³-hybridized carbons (Fsp3) is 0.294. The Kier molecular flexibility index (Phi) is 12.3. The quantitative estimate of drug-likeness (QED) is 0.159. The van der Waals surface area contributed by atoms with Gasteiger partial charge in [0.2, 0.25) is 0 Å². The van der Waals surface area contributed by atoms with E-state index in [2.05, 4.69) is 274 Å². The van der Waals surface area contributed by atoms with Gasteiger partial charge in [-0.2, -0.15) is 0 Å². The number of pyridine rings is 1. The van der Waals surface area contributed by atoms with Gasteiger partial charge < -0.3 is 0 Å². The molecule has 378 valence electrons. The molecule has 11 rings (SSSR count). The first-order chi connectivity index (χ1) is 35.1. The van der Waals surface area contributed by atoms with Gasteiger partial charge in [0.15, 0.2) is 0 Å². The van der Waals surface area contributed by atoms with E-state index in [1.54, 1.807) is 0 Å². The predicted octanol–water partition coefficient (Wildman–Crippen LogP) is 18.2. The van der Waals surface area contributed by atoms with E-state index in [0.29, 0.717) is 0 Å². The van der Waals surface area contributed by atoms with E-state index in [1.807, 2.05) is 6.20 Å². The maximum absolute atomic E-state index is 7.02. The Morgan fingerprint density at radius 2 is 1.11 bits per heavy atom. The minimum atomic E-state index is -0.0266. The Morgan fingerprint density at radius 3 is 1.80 bits per heavy atom. The van der Waals surface area contributed by atoms with Crippen molar-refractivity contribution in [3.8, 4) is 45.3 Å². The molecule has 10 aromatic rings. The number of para-hydroxylation sites is 3. The van der Waals surface area contributed by atoms with Gasteiger partial charge in [0.1, 0.15) is 0 Å². The Hall–Kier alpha value is -6.55. The van der Waals surface area contributed by atoms with Crippen molar-refractivity contribution in [2.75, 3.05) is 0 Å². The molecule has 3 heterocycles. The molecular formula is C68H70N4OPt. The molecule has 1 unspecified atom stereocenters. The van der Waals surface area contributed by atoms with Crippen LogP contribution < -0.4 is 4.74 Å². The van der Waals surface area contributed by atoms with Crippen molar-refractivity contribution < 1.29 is 24.1 Å². The molecule has 3 aromatic heterocycles. The average Bonchev–Trinajstić information content (AvgIpc) is 3.85. The fourth-order valence-corrected chi connectivity index (χ4v) is 12.3. The summed E-state index contributed by atoms with van der Waals surface area (Å²) in [6.07, 6.45) is 5.11. The zero-order chi connectivity index (χ0) is 52.1. The van der Waals surface area contributed by atoms with Crippen LogP contribution in [0.3, 0.4) is 0 Å². The van der Waals surface area contributed by atoms with Crippen molar-refractivity contribution in [1.29, 1.82) is 0 Å². The standard InChI is InChI=1S/C68H70N4O.Pt/c1-65(2,3)47-29-33-59-57(39-47)55-32-31-52(42-62(55)72(59)63-40-48(34-35-69-63)66(4,5)6)73-51-30-28-45-22-18-27-58(56(45)41-51)70-43-71(61-26-17-16-25-60(61)70)64-53(44-20-14-13-15-21-44)23-19-24-54(64)46-36-49(67(7,8)9)38-50(37-46)68(10,11)12;/h13-17,19-21,23-26,28-42,58H,18,22,27H2,1-12H3;. The molecule has 1 atom stereocenters. The van der Waals surface area contributed by atoms with E-state index in [1.165, 1.54) is 86.9 Å². The minimum absolute atomic E-state index is 0.0103. The molecule has 0 aliphatic heterocycles. The Balaban J connectivity index is 1.06. The van der Waals surface area contributed by atoms with Crippen LogP contribution in [0.25, 0.3) is 66.6 Å². The number of hydrogen-bond acceptors (Lipinski definition) is 2. The van der Waals surface area contributed by atoms with Gasteiger partial charge >= 0.3 is 347 Å². The first kappa shape index (κ1) is 49.6. The third-order valence-corrected chi connectivity index (χ3v) is 16.5. The van der Waals surface area contributed by atoms with Crippen molar-refractivity contribution in [2.45, 2.75) is 130 Å². The van der Waals surface area contributed by atoms with E-state index < -0.39 is 0 Å². The molecule has 0 amide bonds. The third-order valence-electron chi connectivity index (χ3n) is 15.4. The topological polar surface area (TPSA) is 36.9 Å². The number of aryl methyl sites for hydroxylation is 1. The van der Waals surface area contributed by atoms with Gasteiger partial charge in [0.05, 0.1) is 0 Å². The number of hydrogen-bond donors (Lipinski definition) is 0. The molecular weight excluding hydrogens is 1080 g/mol. The van der Waals surface area contributed by atoms with Crippen LogP contribution in [0.5, 0.6) is 11.5 Å². The molecule has 0 fully saturated rings. The van der Waals surface area contributed by atoms with Crippen molar-refractivity contribution in [2.24, 2.45) is 0 Å². The molecule has 74 heavy (non-hydrogen) atoms. The number of ether oxygens (including phenoxy) is 1.